The molecule has 0 aliphatic heterocycles. The molecular weight excluding hydrogens is 200 g/mol. The molecule has 0 aliphatic carbocycles. The third-order valence-electron chi connectivity index (χ3n) is 2.41. The van der Waals surface area contributed by atoms with Gasteiger partial charge in [0.1, 0.15) is 0 Å². The number of nitrogens with one attached hydrogen (secondary N) is 1. The minimum absolute atomic E-state index is 0.00129. The first-order valence-corrected chi connectivity index (χ1v) is 5.79. The molecule has 0 saturated carbocycles. The van der Waals surface area contributed by atoms with Crippen LogP contribution in [0.5, 0.6) is 0 Å². The van der Waals surface area contributed by atoms with Crippen molar-refractivity contribution >= 4 is 5.91 Å². The Morgan fingerprint density at radius 2 is 2.00 bits per heavy atom. The van der Waals surface area contributed by atoms with E-state index in [0.29, 0.717) is 0 Å². The maximum Gasteiger partial charge on any atom is 0.251 e. The van der Waals surface area contributed by atoms with Crippen LogP contribution in [0.3, 0.4) is 0 Å². The van der Waals surface area contributed by atoms with Crippen LogP contribution >= 0.6 is 0 Å². The molecule has 1 aromatic carbocycles. The van der Waals surface area contributed by atoms with Crippen LogP contribution in [0.1, 0.15) is 36.5 Å². The molecule has 0 heterocycles. The number of nitrogens with two attached hydrogens (primary N) is 1. The van der Waals surface area contributed by atoms with Crippen molar-refractivity contribution in [1.82, 2.24) is 5.32 Å². The van der Waals surface area contributed by atoms with E-state index in [2.05, 4.69) is 5.32 Å². The van der Waals surface area contributed by atoms with Crippen molar-refractivity contribution in [2.24, 2.45) is 5.73 Å². The van der Waals surface area contributed by atoms with Crippen LogP contribution in [0.25, 0.3) is 0 Å². The smallest absolute Gasteiger partial charge is 0.251 e. The lowest BCUT2D eigenvalue weighted by atomic mass is 10.1. The Bertz CT molecular complexity index is 309. The van der Waals surface area contributed by atoms with E-state index < -0.39 is 0 Å². The molecule has 0 saturated heterocycles. The van der Waals surface area contributed by atoms with Gasteiger partial charge < -0.3 is 11.1 Å². The number of benzene rings is 1. The molecule has 3 heteroatoms. The number of hydrogen-bond acceptors (Lipinski definition) is 2. The summed E-state index contributed by atoms with van der Waals surface area (Å²) in [5.41, 5.74) is 6.36. The second-order valence-corrected chi connectivity index (χ2v) is 4.09. The van der Waals surface area contributed by atoms with Crippen molar-refractivity contribution in [3.63, 3.8) is 0 Å². The molecule has 1 aromatic rings. The van der Waals surface area contributed by atoms with Gasteiger partial charge in [-0.1, -0.05) is 24.6 Å². The lowest BCUT2D eigenvalue weighted by molar-refractivity contribution is 0.0953. The Labute approximate surface area is 97.0 Å². The van der Waals surface area contributed by atoms with E-state index in [1.165, 1.54) is 0 Å². The van der Waals surface area contributed by atoms with E-state index in [0.717, 1.165) is 31.4 Å². The average Bonchev–Trinajstić information content (AvgIpc) is 2.29. The first-order chi connectivity index (χ1) is 7.70. The average molecular weight is 220 g/mol. The second kappa shape index (κ2) is 7.01. The van der Waals surface area contributed by atoms with Crippen molar-refractivity contribution in [3.05, 3.63) is 35.9 Å². The number of amides is 1. The van der Waals surface area contributed by atoms with Gasteiger partial charge in [0.25, 0.3) is 5.91 Å². The summed E-state index contributed by atoms with van der Waals surface area (Å²) in [6.07, 6.45) is 3.06. The first-order valence-electron chi connectivity index (χ1n) is 5.79. The highest BCUT2D eigenvalue weighted by atomic mass is 16.1. The fraction of sp³-hybridized carbons (Fsp3) is 0.462. The SMILES string of the molecule is C[C@H](N)CCCCNC(=O)c1ccccc1. The Morgan fingerprint density at radius 3 is 2.62 bits per heavy atom. The second-order valence-electron chi connectivity index (χ2n) is 4.09. The molecule has 0 spiro atoms. The largest absolute Gasteiger partial charge is 0.352 e. The predicted octanol–water partition coefficient (Wildman–Crippen LogP) is 1.93. The number of carbonyl (C=O) groups excluding carboxylic acids is 1. The Morgan fingerprint density at radius 1 is 1.31 bits per heavy atom. The third-order valence-corrected chi connectivity index (χ3v) is 2.41. The summed E-state index contributed by atoms with van der Waals surface area (Å²) in [5.74, 6) is 0.00129. The molecular formula is C13H20N2O. The third kappa shape index (κ3) is 4.94. The Hall–Kier alpha value is -1.35. The van der Waals surface area contributed by atoms with Crippen LogP contribution in [-0.4, -0.2) is 18.5 Å². The minimum Gasteiger partial charge on any atom is -0.352 e. The van der Waals surface area contributed by atoms with Gasteiger partial charge in [0.15, 0.2) is 0 Å². The number of unbranched alkanes of at least 4 members (excludes halogenated alkanes) is 1. The van der Waals surface area contributed by atoms with Gasteiger partial charge >= 0.3 is 0 Å². The maximum absolute atomic E-state index is 11.6. The first kappa shape index (κ1) is 12.7. The molecule has 0 aliphatic rings. The van der Waals surface area contributed by atoms with Crippen molar-refractivity contribution in [3.8, 4) is 0 Å². The van der Waals surface area contributed by atoms with Gasteiger partial charge in [-0.15, -0.1) is 0 Å². The molecule has 1 atom stereocenters. The zero-order chi connectivity index (χ0) is 11.8. The van der Waals surface area contributed by atoms with Crippen molar-refractivity contribution < 1.29 is 4.79 Å². The van der Waals surface area contributed by atoms with E-state index in [-0.39, 0.29) is 11.9 Å². The lowest BCUT2D eigenvalue weighted by Gasteiger charge is -2.06. The number of rotatable bonds is 6. The highest BCUT2D eigenvalue weighted by Crippen LogP contribution is 1.99. The summed E-state index contributed by atoms with van der Waals surface area (Å²) < 4.78 is 0. The van der Waals surface area contributed by atoms with Crippen LogP contribution < -0.4 is 11.1 Å². The maximum atomic E-state index is 11.6. The van der Waals surface area contributed by atoms with Gasteiger partial charge in [-0.2, -0.15) is 0 Å². The molecule has 3 nitrogen and oxygen atoms in total. The van der Waals surface area contributed by atoms with Gasteiger partial charge in [-0.3, -0.25) is 4.79 Å². The molecule has 0 radical (unpaired) electrons. The fourth-order valence-corrected chi connectivity index (χ4v) is 1.48. The quantitative estimate of drug-likeness (QED) is 0.720. The Balaban J connectivity index is 2.16. The summed E-state index contributed by atoms with van der Waals surface area (Å²) in [7, 11) is 0. The van der Waals surface area contributed by atoms with Crippen LogP contribution in [0.2, 0.25) is 0 Å². The topological polar surface area (TPSA) is 55.1 Å². The summed E-state index contributed by atoms with van der Waals surface area (Å²) in [6.45, 7) is 2.73. The van der Waals surface area contributed by atoms with E-state index in [4.69, 9.17) is 5.73 Å². The molecule has 0 fully saturated rings. The van der Waals surface area contributed by atoms with Crippen LogP contribution in [0.15, 0.2) is 30.3 Å². The highest BCUT2D eigenvalue weighted by Gasteiger charge is 2.02. The normalized spacial score (nSPS) is 12.1. The lowest BCUT2D eigenvalue weighted by Crippen LogP contribution is -2.24. The Kier molecular flexibility index (Phi) is 5.57. The molecule has 0 unspecified atom stereocenters. The summed E-state index contributed by atoms with van der Waals surface area (Å²) in [4.78, 5) is 11.6. The van der Waals surface area contributed by atoms with E-state index >= 15 is 0 Å². The van der Waals surface area contributed by atoms with Crippen molar-refractivity contribution in [2.75, 3.05) is 6.54 Å². The molecule has 0 aromatic heterocycles. The predicted molar refractivity (Wildman–Crippen MR) is 66.3 cm³/mol. The summed E-state index contributed by atoms with van der Waals surface area (Å²) in [6, 6.07) is 9.52. The van der Waals surface area contributed by atoms with Gasteiger partial charge in [-0.05, 0) is 31.9 Å². The fourth-order valence-electron chi connectivity index (χ4n) is 1.48. The standard InChI is InChI=1S/C13H20N2O/c1-11(14)7-5-6-10-15-13(16)12-8-3-2-4-9-12/h2-4,8-9,11H,5-7,10,14H2,1H3,(H,15,16)/t11-/m0/s1. The highest BCUT2D eigenvalue weighted by molar-refractivity contribution is 5.94. The molecule has 1 amide bonds. The van der Waals surface area contributed by atoms with Crippen molar-refractivity contribution in [2.45, 2.75) is 32.2 Å². The summed E-state index contributed by atoms with van der Waals surface area (Å²) in [5, 5.41) is 2.89. The molecule has 16 heavy (non-hydrogen) atoms. The molecule has 3 N–H and O–H groups in total. The molecule has 0 bridgehead atoms. The van der Waals surface area contributed by atoms with Crippen LogP contribution in [0, 0.1) is 0 Å². The zero-order valence-corrected chi connectivity index (χ0v) is 9.78. The van der Waals surface area contributed by atoms with Gasteiger partial charge in [0.05, 0.1) is 0 Å². The van der Waals surface area contributed by atoms with Gasteiger partial charge in [0, 0.05) is 18.2 Å². The van der Waals surface area contributed by atoms with E-state index in [1.54, 1.807) is 0 Å². The molecule has 88 valence electrons. The number of carbonyl (C=O) groups is 1. The number of hydrogen-bond donors (Lipinski definition) is 2. The summed E-state index contributed by atoms with van der Waals surface area (Å²) >= 11 is 0. The van der Waals surface area contributed by atoms with Crippen LogP contribution in [-0.2, 0) is 0 Å². The van der Waals surface area contributed by atoms with Gasteiger partial charge in [0.2, 0.25) is 0 Å². The van der Waals surface area contributed by atoms with Crippen molar-refractivity contribution in [1.29, 1.82) is 0 Å². The van der Waals surface area contributed by atoms with E-state index in [1.807, 2.05) is 37.3 Å². The van der Waals surface area contributed by atoms with E-state index in [9.17, 15) is 4.79 Å². The van der Waals surface area contributed by atoms with Gasteiger partial charge in [-0.25, -0.2) is 0 Å². The van der Waals surface area contributed by atoms with Crippen LogP contribution in [0.4, 0.5) is 0 Å². The zero-order valence-electron chi connectivity index (χ0n) is 9.78. The molecule has 1 rings (SSSR count). The monoisotopic (exact) mass is 220 g/mol. The minimum atomic E-state index is 0.00129.